The molecule has 1 aromatic carbocycles. The molecule has 5 nitrogen and oxygen atoms in total. The van der Waals surface area contributed by atoms with Crippen molar-refractivity contribution < 1.29 is 19.4 Å². The Kier molecular flexibility index (Phi) is 5.50. The molecular formula is C16H23FN2O3. The first-order valence-corrected chi connectivity index (χ1v) is 7.52. The maximum atomic E-state index is 13.5. The number of nitrogens with one attached hydrogen (secondary N) is 1. The normalized spacial score (nSPS) is 19.6. The molecule has 1 amide bonds. The highest BCUT2D eigenvalue weighted by Crippen LogP contribution is 2.24. The van der Waals surface area contributed by atoms with Crippen LogP contribution >= 0.6 is 0 Å². The van der Waals surface area contributed by atoms with Crippen molar-refractivity contribution in [3.05, 3.63) is 35.6 Å². The summed E-state index contributed by atoms with van der Waals surface area (Å²) in [6.45, 7) is 1.90. The molecule has 1 aromatic rings. The molecule has 0 radical (unpaired) electrons. The Balaban J connectivity index is 1.82. The zero-order valence-corrected chi connectivity index (χ0v) is 12.8. The number of rotatable bonds is 5. The van der Waals surface area contributed by atoms with Crippen molar-refractivity contribution in [3.63, 3.8) is 0 Å². The third-order valence-corrected chi connectivity index (χ3v) is 4.26. The number of aliphatic hydroxyl groups is 2. The topological polar surface area (TPSA) is 72.8 Å². The smallest absolute Gasteiger partial charge is 0.253 e. The minimum atomic E-state index is -1.53. The number of likely N-dealkylation sites (tertiary alicyclic amines) is 1. The number of halogens is 1. The Morgan fingerprint density at radius 1 is 1.41 bits per heavy atom. The quantitative estimate of drug-likeness (QED) is 0.753. The number of amides is 1. The van der Waals surface area contributed by atoms with Crippen molar-refractivity contribution in [2.24, 2.45) is 0 Å². The van der Waals surface area contributed by atoms with Crippen molar-refractivity contribution in [2.45, 2.75) is 31.0 Å². The number of carbonyl (C=O) groups is 1. The van der Waals surface area contributed by atoms with E-state index in [9.17, 15) is 19.4 Å². The summed E-state index contributed by atoms with van der Waals surface area (Å²) < 4.78 is 13.5. The second-order valence-electron chi connectivity index (χ2n) is 5.99. The highest BCUT2D eigenvalue weighted by molar-refractivity contribution is 5.81. The molecule has 0 aliphatic carbocycles. The average Bonchev–Trinajstić information content (AvgIpc) is 2.50. The fourth-order valence-electron chi connectivity index (χ4n) is 2.64. The van der Waals surface area contributed by atoms with Crippen LogP contribution in [0, 0.1) is 5.82 Å². The van der Waals surface area contributed by atoms with Gasteiger partial charge in [0.05, 0.1) is 5.60 Å². The van der Waals surface area contributed by atoms with E-state index in [1.165, 1.54) is 18.2 Å². The van der Waals surface area contributed by atoms with Gasteiger partial charge in [-0.25, -0.2) is 4.39 Å². The van der Waals surface area contributed by atoms with E-state index in [2.05, 4.69) is 10.2 Å². The fraction of sp³-hybridized carbons (Fsp3) is 0.562. The maximum Gasteiger partial charge on any atom is 0.253 e. The van der Waals surface area contributed by atoms with Crippen LogP contribution in [0.4, 0.5) is 4.39 Å². The fourth-order valence-corrected chi connectivity index (χ4v) is 2.64. The predicted octanol–water partition coefficient (Wildman–Crippen LogP) is 0.822. The highest BCUT2D eigenvalue weighted by atomic mass is 19.1. The van der Waals surface area contributed by atoms with Crippen LogP contribution < -0.4 is 5.32 Å². The molecule has 1 atom stereocenters. The molecule has 1 aliphatic heterocycles. The SMILES string of the molecule is CN1CCC(O)(CCNC(=O)[C@H](O)c2ccccc2F)CC1. The number of hydrogen-bond donors (Lipinski definition) is 3. The van der Waals surface area contributed by atoms with Crippen LogP contribution in [0.1, 0.15) is 30.9 Å². The molecule has 2 rings (SSSR count). The van der Waals surface area contributed by atoms with Crippen molar-refractivity contribution in [2.75, 3.05) is 26.7 Å². The first kappa shape index (κ1) is 16.9. The molecule has 0 spiro atoms. The first-order valence-electron chi connectivity index (χ1n) is 7.52. The molecular weight excluding hydrogens is 287 g/mol. The Morgan fingerprint density at radius 3 is 2.68 bits per heavy atom. The summed E-state index contributed by atoms with van der Waals surface area (Å²) in [4.78, 5) is 14.0. The van der Waals surface area contributed by atoms with Gasteiger partial charge in [0.2, 0.25) is 0 Å². The summed E-state index contributed by atoms with van der Waals surface area (Å²) in [5.41, 5.74) is -0.819. The van der Waals surface area contributed by atoms with Gasteiger partial charge in [-0.15, -0.1) is 0 Å². The minimum absolute atomic E-state index is 0.0435. The second-order valence-corrected chi connectivity index (χ2v) is 5.99. The van der Waals surface area contributed by atoms with Crippen LogP contribution in [0.25, 0.3) is 0 Å². The lowest BCUT2D eigenvalue weighted by Crippen LogP contribution is -2.45. The lowest BCUT2D eigenvalue weighted by molar-refractivity contribution is -0.130. The van der Waals surface area contributed by atoms with Gasteiger partial charge in [0, 0.05) is 25.2 Å². The van der Waals surface area contributed by atoms with Crippen LogP contribution in [0.3, 0.4) is 0 Å². The predicted molar refractivity (Wildman–Crippen MR) is 80.7 cm³/mol. The minimum Gasteiger partial charge on any atom is -0.390 e. The van der Waals surface area contributed by atoms with E-state index in [4.69, 9.17) is 0 Å². The third kappa shape index (κ3) is 4.25. The van der Waals surface area contributed by atoms with Gasteiger partial charge >= 0.3 is 0 Å². The standard InChI is InChI=1S/C16H23FN2O3/c1-19-10-7-16(22,8-11-19)6-9-18-15(21)14(20)12-4-2-3-5-13(12)17/h2-5,14,20,22H,6-11H2,1H3,(H,18,21)/t14-/m1/s1. The van der Waals surface area contributed by atoms with Crippen molar-refractivity contribution in [1.82, 2.24) is 10.2 Å². The molecule has 0 unspecified atom stereocenters. The van der Waals surface area contributed by atoms with Crippen LogP contribution in [-0.4, -0.2) is 53.3 Å². The molecule has 1 aliphatic rings. The number of benzene rings is 1. The molecule has 1 heterocycles. The number of aliphatic hydroxyl groups excluding tert-OH is 1. The van der Waals surface area contributed by atoms with Crippen LogP contribution in [-0.2, 0) is 4.79 Å². The Bertz CT molecular complexity index is 516. The van der Waals surface area contributed by atoms with E-state index >= 15 is 0 Å². The number of carbonyl (C=O) groups excluding carboxylic acids is 1. The van der Waals surface area contributed by atoms with Crippen molar-refractivity contribution >= 4 is 5.91 Å². The largest absolute Gasteiger partial charge is 0.390 e. The molecule has 1 fully saturated rings. The van der Waals surface area contributed by atoms with E-state index in [0.29, 0.717) is 19.3 Å². The molecule has 0 saturated carbocycles. The summed E-state index contributed by atoms with van der Waals surface area (Å²) in [5.74, 6) is -1.26. The van der Waals surface area contributed by atoms with Gasteiger partial charge in [-0.2, -0.15) is 0 Å². The first-order chi connectivity index (χ1) is 10.4. The summed E-state index contributed by atoms with van der Waals surface area (Å²) in [5, 5.41) is 22.8. The maximum absolute atomic E-state index is 13.5. The van der Waals surface area contributed by atoms with E-state index in [0.717, 1.165) is 13.1 Å². The average molecular weight is 310 g/mol. The Labute approximate surface area is 129 Å². The summed E-state index contributed by atoms with van der Waals surface area (Å²) >= 11 is 0. The van der Waals surface area contributed by atoms with E-state index in [1.807, 2.05) is 7.05 Å². The zero-order chi connectivity index (χ0) is 16.2. The number of nitrogens with zero attached hydrogens (tertiary/aromatic N) is 1. The van der Waals surface area contributed by atoms with Crippen LogP contribution in [0.5, 0.6) is 0 Å². The lowest BCUT2D eigenvalue weighted by atomic mass is 9.88. The van der Waals surface area contributed by atoms with Gasteiger partial charge in [-0.1, -0.05) is 18.2 Å². The molecule has 0 bridgehead atoms. The van der Waals surface area contributed by atoms with E-state index in [-0.39, 0.29) is 12.1 Å². The molecule has 6 heteroatoms. The van der Waals surface area contributed by atoms with E-state index < -0.39 is 23.4 Å². The Hall–Kier alpha value is -1.50. The van der Waals surface area contributed by atoms with Gasteiger partial charge in [0.15, 0.2) is 6.10 Å². The van der Waals surface area contributed by atoms with Crippen molar-refractivity contribution in [3.8, 4) is 0 Å². The molecule has 0 aromatic heterocycles. The Morgan fingerprint density at radius 2 is 2.05 bits per heavy atom. The van der Waals surface area contributed by atoms with Crippen LogP contribution in [0.15, 0.2) is 24.3 Å². The van der Waals surface area contributed by atoms with Gasteiger partial charge < -0.3 is 20.4 Å². The van der Waals surface area contributed by atoms with E-state index in [1.54, 1.807) is 6.07 Å². The monoisotopic (exact) mass is 310 g/mol. The highest BCUT2D eigenvalue weighted by Gasteiger charge is 2.31. The lowest BCUT2D eigenvalue weighted by Gasteiger charge is -2.36. The van der Waals surface area contributed by atoms with Gasteiger partial charge in [0.25, 0.3) is 5.91 Å². The molecule has 122 valence electrons. The summed E-state index contributed by atoms with van der Waals surface area (Å²) in [6.07, 6.45) is 0.217. The third-order valence-electron chi connectivity index (χ3n) is 4.26. The number of hydrogen-bond acceptors (Lipinski definition) is 4. The van der Waals surface area contributed by atoms with Gasteiger partial charge in [0.1, 0.15) is 5.82 Å². The van der Waals surface area contributed by atoms with Gasteiger partial charge in [-0.05, 0) is 32.4 Å². The van der Waals surface area contributed by atoms with Crippen molar-refractivity contribution in [1.29, 1.82) is 0 Å². The van der Waals surface area contributed by atoms with Crippen LogP contribution in [0.2, 0.25) is 0 Å². The summed E-state index contributed by atoms with van der Waals surface area (Å²) in [6, 6.07) is 5.65. The summed E-state index contributed by atoms with van der Waals surface area (Å²) in [7, 11) is 2.01. The van der Waals surface area contributed by atoms with Gasteiger partial charge in [-0.3, -0.25) is 4.79 Å². The molecule has 1 saturated heterocycles. The molecule has 3 N–H and O–H groups in total. The molecule has 22 heavy (non-hydrogen) atoms. The number of piperidine rings is 1. The zero-order valence-electron chi connectivity index (χ0n) is 12.8. The second kappa shape index (κ2) is 7.17.